The Hall–Kier alpha value is -1.52. The first-order valence-corrected chi connectivity index (χ1v) is 4.27. The van der Waals surface area contributed by atoms with Gasteiger partial charge in [0.2, 0.25) is 0 Å². The molecule has 0 aromatic heterocycles. The fourth-order valence-electron chi connectivity index (χ4n) is 1.21. The van der Waals surface area contributed by atoms with Gasteiger partial charge < -0.3 is 9.90 Å². The SMILES string of the molecule is O=CCCc1cc(O)cc(C(F)(F)F)c1. The van der Waals surface area contributed by atoms with Crippen molar-refractivity contribution in [2.75, 3.05) is 0 Å². The van der Waals surface area contributed by atoms with Crippen LogP contribution in [0.1, 0.15) is 17.5 Å². The molecule has 1 aromatic carbocycles. The lowest BCUT2D eigenvalue weighted by molar-refractivity contribution is -0.137. The first-order chi connectivity index (χ1) is 6.93. The molecule has 1 aromatic rings. The Balaban J connectivity index is 3.00. The predicted molar refractivity (Wildman–Crippen MR) is 47.5 cm³/mol. The molecule has 0 spiro atoms. The van der Waals surface area contributed by atoms with Crippen LogP contribution in [0, 0.1) is 0 Å². The van der Waals surface area contributed by atoms with E-state index in [0.29, 0.717) is 17.9 Å². The largest absolute Gasteiger partial charge is 0.508 e. The third-order valence-corrected chi connectivity index (χ3v) is 1.86. The molecule has 0 bridgehead atoms. The highest BCUT2D eigenvalue weighted by atomic mass is 19.4. The van der Waals surface area contributed by atoms with Crippen LogP contribution in [-0.2, 0) is 17.4 Å². The van der Waals surface area contributed by atoms with Crippen molar-refractivity contribution in [1.82, 2.24) is 0 Å². The third-order valence-electron chi connectivity index (χ3n) is 1.86. The molecule has 82 valence electrons. The van der Waals surface area contributed by atoms with Crippen molar-refractivity contribution in [1.29, 1.82) is 0 Å². The molecule has 0 aliphatic carbocycles. The summed E-state index contributed by atoms with van der Waals surface area (Å²) in [6.07, 6.45) is -3.52. The summed E-state index contributed by atoms with van der Waals surface area (Å²) in [7, 11) is 0. The topological polar surface area (TPSA) is 37.3 Å². The minimum atomic E-state index is -4.48. The van der Waals surface area contributed by atoms with Crippen molar-refractivity contribution in [3.8, 4) is 5.75 Å². The molecule has 0 aliphatic rings. The molecular weight excluding hydrogens is 209 g/mol. The molecule has 0 radical (unpaired) electrons. The van der Waals surface area contributed by atoms with Crippen LogP contribution in [0.25, 0.3) is 0 Å². The van der Waals surface area contributed by atoms with Crippen molar-refractivity contribution in [3.63, 3.8) is 0 Å². The van der Waals surface area contributed by atoms with Crippen LogP contribution >= 0.6 is 0 Å². The Bertz CT molecular complexity index is 358. The van der Waals surface area contributed by atoms with Gasteiger partial charge in [0.1, 0.15) is 12.0 Å². The number of carbonyl (C=O) groups is 1. The lowest BCUT2D eigenvalue weighted by atomic mass is 10.1. The average Bonchev–Trinajstić information content (AvgIpc) is 2.12. The summed E-state index contributed by atoms with van der Waals surface area (Å²) in [5.41, 5.74) is -0.599. The fraction of sp³-hybridized carbons (Fsp3) is 0.300. The summed E-state index contributed by atoms with van der Waals surface area (Å²) in [5.74, 6) is -0.439. The lowest BCUT2D eigenvalue weighted by Gasteiger charge is -2.09. The molecule has 0 unspecified atom stereocenters. The Morgan fingerprint density at radius 2 is 1.93 bits per heavy atom. The number of hydrogen-bond donors (Lipinski definition) is 1. The first-order valence-electron chi connectivity index (χ1n) is 4.27. The van der Waals surface area contributed by atoms with E-state index >= 15 is 0 Å². The number of phenols is 1. The minimum absolute atomic E-state index is 0.140. The van der Waals surface area contributed by atoms with Gasteiger partial charge in [0, 0.05) is 6.42 Å². The van der Waals surface area contributed by atoms with Gasteiger partial charge in [-0.1, -0.05) is 0 Å². The van der Waals surface area contributed by atoms with E-state index in [2.05, 4.69) is 0 Å². The maximum Gasteiger partial charge on any atom is 0.416 e. The van der Waals surface area contributed by atoms with E-state index in [-0.39, 0.29) is 12.8 Å². The number of carbonyl (C=O) groups excluding carboxylic acids is 1. The van der Waals surface area contributed by atoms with Gasteiger partial charge >= 0.3 is 6.18 Å². The lowest BCUT2D eigenvalue weighted by Crippen LogP contribution is -2.05. The Labute approximate surface area is 84.3 Å². The van der Waals surface area contributed by atoms with Gasteiger partial charge in [0.25, 0.3) is 0 Å². The maximum atomic E-state index is 12.3. The average molecular weight is 218 g/mol. The normalized spacial score (nSPS) is 11.4. The van der Waals surface area contributed by atoms with E-state index in [1.165, 1.54) is 6.07 Å². The molecule has 5 heteroatoms. The number of aromatic hydroxyl groups is 1. The molecule has 2 nitrogen and oxygen atoms in total. The van der Waals surface area contributed by atoms with E-state index in [4.69, 9.17) is 5.11 Å². The number of rotatable bonds is 3. The van der Waals surface area contributed by atoms with Gasteiger partial charge in [-0.05, 0) is 30.2 Å². The maximum absolute atomic E-state index is 12.3. The smallest absolute Gasteiger partial charge is 0.416 e. The van der Waals surface area contributed by atoms with Crippen LogP contribution in [0.15, 0.2) is 18.2 Å². The number of phenolic OH excluding ortho intramolecular Hbond substituents is 1. The number of hydrogen-bond acceptors (Lipinski definition) is 2. The van der Waals surface area contributed by atoms with Crippen LogP contribution in [0.2, 0.25) is 0 Å². The molecule has 15 heavy (non-hydrogen) atoms. The summed E-state index contributed by atoms with van der Waals surface area (Å²) in [6, 6.07) is 2.81. The molecule has 1 N–H and O–H groups in total. The van der Waals surface area contributed by atoms with Gasteiger partial charge in [0.05, 0.1) is 5.56 Å². The first kappa shape index (κ1) is 11.6. The van der Waals surface area contributed by atoms with Crippen LogP contribution in [0.5, 0.6) is 5.75 Å². The van der Waals surface area contributed by atoms with Crippen LogP contribution in [0.4, 0.5) is 13.2 Å². The van der Waals surface area contributed by atoms with Crippen LogP contribution < -0.4 is 0 Å². The van der Waals surface area contributed by atoms with E-state index in [1.54, 1.807) is 0 Å². The monoisotopic (exact) mass is 218 g/mol. The Kier molecular flexibility index (Phi) is 3.34. The van der Waals surface area contributed by atoms with E-state index < -0.39 is 17.5 Å². The second-order valence-electron chi connectivity index (χ2n) is 3.09. The van der Waals surface area contributed by atoms with Gasteiger partial charge in [-0.15, -0.1) is 0 Å². The second-order valence-corrected chi connectivity index (χ2v) is 3.09. The number of benzene rings is 1. The fourth-order valence-corrected chi connectivity index (χ4v) is 1.21. The summed E-state index contributed by atoms with van der Waals surface area (Å²) < 4.78 is 36.9. The molecule has 0 heterocycles. The molecule has 0 aliphatic heterocycles. The quantitative estimate of drug-likeness (QED) is 0.791. The van der Waals surface area contributed by atoms with Crippen LogP contribution in [-0.4, -0.2) is 11.4 Å². The van der Waals surface area contributed by atoms with Crippen molar-refractivity contribution < 1.29 is 23.1 Å². The number of alkyl halides is 3. The highest BCUT2D eigenvalue weighted by Gasteiger charge is 2.31. The van der Waals surface area contributed by atoms with Gasteiger partial charge in [0.15, 0.2) is 0 Å². The minimum Gasteiger partial charge on any atom is -0.508 e. The zero-order valence-electron chi connectivity index (χ0n) is 7.71. The van der Waals surface area contributed by atoms with E-state index in [9.17, 15) is 18.0 Å². The van der Waals surface area contributed by atoms with Gasteiger partial charge in [-0.25, -0.2) is 0 Å². The molecule has 0 amide bonds. The second kappa shape index (κ2) is 4.33. The summed E-state index contributed by atoms with van der Waals surface area (Å²) >= 11 is 0. The van der Waals surface area contributed by atoms with E-state index in [0.717, 1.165) is 6.07 Å². The molecule has 0 saturated heterocycles. The predicted octanol–water partition coefficient (Wildman–Crippen LogP) is 2.54. The highest BCUT2D eigenvalue weighted by molar-refractivity contribution is 5.50. The molecule has 0 saturated carbocycles. The van der Waals surface area contributed by atoms with Crippen LogP contribution in [0.3, 0.4) is 0 Å². The van der Waals surface area contributed by atoms with E-state index in [1.807, 2.05) is 0 Å². The standard InChI is InChI=1S/C10H9F3O2/c11-10(12,13)8-4-7(2-1-3-14)5-9(15)6-8/h3-6,15H,1-2H2. The third kappa shape index (κ3) is 3.27. The van der Waals surface area contributed by atoms with Crippen molar-refractivity contribution in [2.24, 2.45) is 0 Å². The molecular formula is C10H9F3O2. The molecule has 0 atom stereocenters. The zero-order chi connectivity index (χ0) is 11.5. The number of aldehydes is 1. The van der Waals surface area contributed by atoms with Gasteiger partial charge in [-0.2, -0.15) is 13.2 Å². The number of aryl methyl sites for hydroxylation is 1. The summed E-state index contributed by atoms with van der Waals surface area (Å²) in [4.78, 5) is 10.1. The van der Waals surface area contributed by atoms with Crippen molar-refractivity contribution in [2.45, 2.75) is 19.0 Å². The summed E-state index contributed by atoms with van der Waals surface area (Å²) in [6.45, 7) is 0. The molecule has 1 rings (SSSR count). The zero-order valence-corrected chi connectivity index (χ0v) is 7.71. The Morgan fingerprint density at radius 3 is 2.47 bits per heavy atom. The number of halogens is 3. The summed E-state index contributed by atoms with van der Waals surface area (Å²) in [5, 5.41) is 9.07. The Morgan fingerprint density at radius 1 is 1.27 bits per heavy atom. The van der Waals surface area contributed by atoms with Crippen molar-refractivity contribution in [3.05, 3.63) is 29.3 Å². The molecule has 0 fully saturated rings. The van der Waals surface area contributed by atoms with Gasteiger partial charge in [-0.3, -0.25) is 0 Å². The highest BCUT2D eigenvalue weighted by Crippen LogP contribution is 2.32. The van der Waals surface area contributed by atoms with Crippen molar-refractivity contribution >= 4 is 6.29 Å².